The fraction of sp³-hybridized carbons (Fsp3) is 0.480. The molecule has 1 atom stereocenters. The van der Waals surface area contributed by atoms with Crippen LogP contribution < -0.4 is 15.4 Å². The summed E-state index contributed by atoms with van der Waals surface area (Å²) < 4.78 is 55.8. The van der Waals surface area contributed by atoms with Crippen molar-refractivity contribution in [2.75, 3.05) is 36.1 Å². The summed E-state index contributed by atoms with van der Waals surface area (Å²) in [6.45, 7) is 6.31. The van der Waals surface area contributed by atoms with E-state index in [0.29, 0.717) is 48.6 Å². The molecule has 2 aliphatic heterocycles. The number of anilines is 2. The second-order valence-corrected chi connectivity index (χ2v) is 10.2. The predicted octanol–water partition coefficient (Wildman–Crippen LogP) is 3.77. The van der Waals surface area contributed by atoms with Gasteiger partial charge >= 0.3 is 12.3 Å². The van der Waals surface area contributed by atoms with Crippen molar-refractivity contribution in [3.8, 4) is 0 Å². The Labute approximate surface area is 211 Å². The first-order valence-corrected chi connectivity index (χ1v) is 12.0. The molecule has 0 amide bonds. The van der Waals surface area contributed by atoms with E-state index in [1.807, 2.05) is 4.90 Å². The van der Waals surface area contributed by atoms with Crippen LogP contribution in [-0.2, 0) is 22.6 Å². The molecule has 12 heteroatoms. The van der Waals surface area contributed by atoms with Crippen LogP contribution in [-0.4, -0.2) is 64.3 Å². The third-order valence-electron chi connectivity index (χ3n) is 6.40. The Morgan fingerprint density at radius 2 is 1.86 bits per heavy atom. The highest BCUT2D eigenvalue weighted by atomic mass is 19.4. The molecule has 0 saturated carbocycles. The second kappa shape index (κ2) is 9.09. The molecule has 4 heterocycles. The van der Waals surface area contributed by atoms with Crippen molar-refractivity contribution in [3.05, 3.63) is 52.4 Å². The molecule has 0 aliphatic carbocycles. The van der Waals surface area contributed by atoms with Crippen molar-refractivity contribution in [1.82, 2.24) is 14.1 Å². The Kier molecular flexibility index (Phi) is 6.17. The SMILES string of the molecule is CC(C)(C)OC(=O)n1cc(CN2c3nc(N4CCOCC4)cc(=O)n3C[C@H]2C(F)(F)F)c2ccccc21. The zero-order chi connectivity index (χ0) is 26.5. The molecule has 0 radical (unpaired) electrons. The molecule has 1 fully saturated rings. The van der Waals surface area contributed by atoms with Crippen LogP contribution in [0.5, 0.6) is 0 Å². The number of hydrogen-bond acceptors (Lipinski definition) is 7. The molecule has 1 aromatic carbocycles. The smallest absolute Gasteiger partial charge is 0.419 e. The molecule has 37 heavy (non-hydrogen) atoms. The highest BCUT2D eigenvalue weighted by Crippen LogP contribution is 2.37. The number of nitrogens with zero attached hydrogens (tertiary/aromatic N) is 5. The van der Waals surface area contributed by atoms with Gasteiger partial charge in [0.05, 0.1) is 25.3 Å². The van der Waals surface area contributed by atoms with Gasteiger partial charge in [0.15, 0.2) is 0 Å². The molecule has 0 unspecified atom stereocenters. The Bertz CT molecular complexity index is 1390. The molecule has 1 saturated heterocycles. The monoisotopic (exact) mass is 519 g/mol. The molecule has 2 aliphatic rings. The first kappa shape index (κ1) is 25.1. The zero-order valence-electron chi connectivity index (χ0n) is 20.8. The van der Waals surface area contributed by atoms with Crippen molar-refractivity contribution in [1.29, 1.82) is 0 Å². The summed E-state index contributed by atoms with van der Waals surface area (Å²) in [5.74, 6) is 0.272. The summed E-state index contributed by atoms with van der Waals surface area (Å²) in [6.07, 6.45) is -3.74. The molecule has 3 aromatic rings. The number of fused-ring (bicyclic) bond motifs is 2. The maximum absolute atomic E-state index is 14.2. The van der Waals surface area contributed by atoms with Gasteiger partial charge in [-0.05, 0) is 32.4 Å². The summed E-state index contributed by atoms with van der Waals surface area (Å²) >= 11 is 0. The molecule has 9 nitrogen and oxygen atoms in total. The molecule has 5 rings (SSSR count). The molecule has 0 N–H and O–H groups in total. The van der Waals surface area contributed by atoms with Crippen LogP contribution in [0, 0.1) is 0 Å². The lowest BCUT2D eigenvalue weighted by atomic mass is 10.1. The van der Waals surface area contributed by atoms with Gasteiger partial charge in [0.25, 0.3) is 5.56 Å². The first-order valence-electron chi connectivity index (χ1n) is 12.0. The van der Waals surface area contributed by atoms with Crippen LogP contribution in [0.3, 0.4) is 0 Å². The Hall–Kier alpha value is -3.54. The average Bonchev–Trinajstić information content (AvgIpc) is 3.38. The van der Waals surface area contributed by atoms with Crippen LogP contribution in [0.25, 0.3) is 10.9 Å². The van der Waals surface area contributed by atoms with E-state index in [1.165, 1.54) is 16.8 Å². The third kappa shape index (κ3) is 4.89. The van der Waals surface area contributed by atoms with Gasteiger partial charge in [0.2, 0.25) is 5.95 Å². The lowest BCUT2D eigenvalue weighted by molar-refractivity contribution is -0.149. The molecular formula is C25H28F3N5O4. The van der Waals surface area contributed by atoms with E-state index >= 15 is 0 Å². The standard InChI is InChI=1S/C25H28F3N5O4/c1-24(2,3)37-23(35)31-13-16(17-6-4-5-7-18(17)31)14-32-19(25(26,27)28)15-33-21(34)12-20(29-22(32)33)30-8-10-36-11-9-30/h4-7,12-13,19H,8-11,14-15H2,1-3H3/t19-/m0/s1. The normalized spacial score (nSPS) is 18.4. The minimum Gasteiger partial charge on any atom is -0.443 e. The molecule has 0 spiro atoms. The van der Waals surface area contributed by atoms with Gasteiger partial charge in [0, 0.05) is 37.3 Å². The van der Waals surface area contributed by atoms with Crippen molar-refractivity contribution >= 4 is 28.8 Å². The summed E-state index contributed by atoms with van der Waals surface area (Å²) in [6, 6.07) is 6.28. The number of halogens is 3. The highest BCUT2D eigenvalue weighted by molar-refractivity contribution is 5.92. The van der Waals surface area contributed by atoms with Gasteiger partial charge in [-0.25, -0.2) is 4.79 Å². The second-order valence-electron chi connectivity index (χ2n) is 10.2. The topological polar surface area (TPSA) is 81.8 Å². The number of hydrogen-bond donors (Lipinski definition) is 0. The number of alkyl halides is 3. The number of carbonyl (C=O) groups excluding carboxylic acids is 1. The van der Waals surface area contributed by atoms with E-state index in [2.05, 4.69) is 4.98 Å². The number of rotatable bonds is 3. The van der Waals surface area contributed by atoms with E-state index in [1.54, 1.807) is 45.0 Å². The Morgan fingerprint density at radius 1 is 1.16 bits per heavy atom. The number of morpholine rings is 1. The van der Waals surface area contributed by atoms with Gasteiger partial charge < -0.3 is 19.3 Å². The minimum atomic E-state index is -4.61. The van der Waals surface area contributed by atoms with E-state index in [-0.39, 0.29) is 12.5 Å². The quantitative estimate of drug-likeness (QED) is 0.521. The Balaban J connectivity index is 1.58. The van der Waals surface area contributed by atoms with Crippen LogP contribution in [0.15, 0.2) is 41.3 Å². The van der Waals surface area contributed by atoms with Crippen LogP contribution >= 0.6 is 0 Å². The largest absolute Gasteiger partial charge is 0.443 e. The summed E-state index contributed by atoms with van der Waals surface area (Å²) in [5.41, 5.74) is -0.296. The van der Waals surface area contributed by atoms with E-state index in [4.69, 9.17) is 9.47 Å². The predicted molar refractivity (Wildman–Crippen MR) is 131 cm³/mol. The van der Waals surface area contributed by atoms with Crippen molar-refractivity contribution < 1.29 is 27.4 Å². The first-order chi connectivity index (χ1) is 17.4. The maximum atomic E-state index is 14.2. The van der Waals surface area contributed by atoms with Gasteiger partial charge in [0.1, 0.15) is 17.5 Å². The number of para-hydroxylation sites is 1. The van der Waals surface area contributed by atoms with Gasteiger partial charge in [-0.3, -0.25) is 13.9 Å². The van der Waals surface area contributed by atoms with Crippen LogP contribution in [0.4, 0.5) is 29.7 Å². The Morgan fingerprint density at radius 3 is 2.54 bits per heavy atom. The van der Waals surface area contributed by atoms with E-state index in [9.17, 15) is 22.8 Å². The average molecular weight is 520 g/mol. The third-order valence-corrected chi connectivity index (χ3v) is 6.40. The number of aromatic nitrogens is 3. The summed E-state index contributed by atoms with van der Waals surface area (Å²) in [5, 5.41) is 0.611. The van der Waals surface area contributed by atoms with Gasteiger partial charge in [-0.2, -0.15) is 18.2 Å². The zero-order valence-corrected chi connectivity index (χ0v) is 20.8. The van der Waals surface area contributed by atoms with Crippen molar-refractivity contribution in [2.45, 2.75) is 51.7 Å². The van der Waals surface area contributed by atoms with Crippen LogP contribution in [0.2, 0.25) is 0 Å². The number of ether oxygens (including phenoxy) is 2. The molecule has 2 aromatic heterocycles. The minimum absolute atomic E-state index is 0.0505. The number of benzene rings is 1. The summed E-state index contributed by atoms with van der Waals surface area (Å²) in [4.78, 5) is 33.2. The van der Waals surface area contributed by atoms with Gasteiger partial charge in [-0.15, -0.1) is 0 Å². The molecule has 198 valence electrons. The lowest BCUT2D eigenvalue weighted by Crippen LogP contribution is -2.43. The maximum Gasteiger partial charge on any atom is 0.419 e. The highest BCUT2D eigenvalue weighted by Gasteiger charge is 2.49. The van der Waals surface area contributed by atoms with Crippen LogP contribution in [0.1, 0.15) is 26.3 Å². The van der Waals surface area contributed by atoms with Gasteiger partial charge in [-0.1, -0.05) is 18.2 Å². The van der Waals surface area contributed by atoms with E-state index < -0.39 is 36.0 Å². The van der Waals surface area contributed by atoms with Crippen molar-refractivity contribution in [3.63, 3.8) is 0 Å². The lowest BCUT2D eigenvalue weighted by Gasteiger charge is -2.29. The molecule has 0 bridgehead atoms. The number of carbonyl (C=O) groups is 1. The van der Waals surface area contributed by atoms with E-state index in [0.717, 1.165) is 9.47 Å². The fourth-order valence-corrected chi connectivity index (χ4v) is 4.72. The molecular weight excluding hydrogens is 491 g/mol. The summed E-state index contributed by atoms with van der Waals surface area (Å²) in [7, 11) is 0. The fourth-order valence-electron chi connectivity index (χ4n) is 4.72. The van der Waals surface area contributed by atoms with Crippen molar-refractivity contribution in [2.24, 2.45) is 0 Å².